The Bertz CT molecular complexity index is 541. The fraction of sp³-hybridized carbons (Fsp3) is 0.571. The topological polar surface area (TPSA) is 96.6 Å². The Morgan fingerprint density at radius 1 is 1.48 bits per heavy atom. The molecule has 0 aromatic carbocycles. The predicted molar refractivity (Wildman–Crippen MR) is 77.7 cm³/mol. The Balaban J connectivity index is 2.20. The molecule has 1 N–H and O–H groups in total. The van der Waals surface area contributed by atoms with E-state index in [1.807, 2.05) is 0 Å². The Kier molecular flexibility index (Phi) is 4.72. The molecule has 7 heteroatoms. The van der Waals surface area contributed by atoms with Crippen molar-refractivity contribution < 1.29 is 14.8 Å². The van der Waals surface area contributed by atoms with Gasteiger partial charge in [-0.25, -0.2) is 9.78 Å². The van der Waals surface area contributed by atoms with Gasteiger partial charge in [-0.05, 0) is 18.8 Å². The largest absolute Gasteiger partial charge is 0.478 e. The molecule has 2 rings (SSSR count). The maximum absolute atomic E-state index is 11.1. The number of aromatic carboxylic acids is 1. The number of hydrogen-bond acceptors (Lipinski definition) is 5. The van der Waals surface area contributed by atoms with Crippen molar-refractivity contribution in [2.45, 2.75) is 32.1 Å². The molecule has 0 amide bonds. The van der Waals surface area contributed by atoms with Crippen LogP contribution in [0.15, 0.2) is 12.3 Å². The molecular formula is C14H19N3O4. The zero-order valence-electron chi connectivity index (χ0n) is 12.0. The van der Waals surface area contributed by atoms with Crippen LogP contribution < -0.4 is 4.90 Å². The third-order valence-electron chi connectivity index (χ3n) is 3.91. The summed E-state index contributed by atoms with van der Waals surface area (Å²) in [5.41, 5.74) is -0.426. The first kappa shape index (κ1) is 15.2. The highest BCUT2D eigenvalue weighted by atomic mass is 16.6. The summed E-state index contributed by atoms with van der Waals surface area (Å²) in [6, 6.07) is 1.07. The van der Waals surface area contributed by atoms with Crippen LogP contribution in [-0.4, -0.2) is 34.6 Å². The predicted octanol–water partition coefficient (Wildman–Crippen LogP) is 2.70. The van der Waals surface area contributed by atoms with E-state index in [0.29, 0.717) is 12.5 Å². The normalized spacial score (nSPS) is 15.7. The van der Waals surface area contributed by atoms with Crippen LogP contribution in [0.25, 0.3) is 0 Å². The van der Waals surface area contributed by atoms with Crippen LogP contribution in [0.2, 0.25) is 0 Å². The van der Waals surface area contributed by atoms with Crippen molar-refractivity contribution in [3.8, 4) is 0 Å². The van der Waals surface area contributed by atoms with E-state index in [4.69, 9.17) is 5.11 Å². The molecule has 114 valence electrons. The van der Waals surface area contributed by atoms with Gasteiger partial charge in [0.15, 0.2) is 0 Å². The smallest absolute Gasteiger partial charge is 0.337 e. The molecule has 7 nitrogen and oxygen atoms in total. The molecule has 0 atom stereocenters. The Morgan fingerprint density at radius 2 is 2.14 bits per heavy atom. The fourth-order valence-corrected chi connectivity index (χ4v) is 2.83. The number of carbonyl (C=O) groups is 1. The van der Waals surface area contributed by atoms with Crippen LogP contribution in [0.1, 0.15) is 42.5 Å². The molecule has 1 heterocycles. The standard InChI is InChI=1S/C14H19N3O4/c1-16(9-10-5-3-2-4-6-10)13-12(17(20)21)7-11(8-15-13)14(18)19/h7-8,10H,2-6,9H2,1H3,(H,18,19). The number of anilines is 1. The van der Waals surface area contributed by atoms with Gasteiger partial charge in [-0.3, -0.25) is 10.1 Å². The number of hydrogen-bond donors (Lipinski definition) is 1. The molecule has 1 aromatic rings. The molecule has 0 saturated heterocycles. The summed E-state index contributed by atoms with van der Waals surface area (Å²) in [4.78, 5) is 27.2. The summed E-state index contributed by atoms with van der Waals surface area (Å²) in [5, 5.41) is 20.0. The number of nitrogens with zero attached hydrogens (tertiary/aromatic N) is 3. The highest BCUT2D eigenvalue weighted by Crippen LogP contribution is 2.29. The van der Waals surface area contributed by atoms with Crippen molar-refractivity contribution in [1.29, 1.82) is 0 Å². The number of pyridine rings is 1. The molecule has 0 spiro atoms. The van der Waals surface area contributed by atoms with Gasteiger partial charge in [0.2, 0.25) is 5.82 Å². The number of aromatic nitrogens is 1. The minimum atomic E-state index is -1.22. The van der Waals surface area contributed by atoms with E-state index < -0.39 is 10.9 Å². The van der Waals surface area contributed by atoms with Gasteiger partial charge in [-0.15, -0.1) is 0 Å². The second-order valence-electron chi connectivity index (χ2n) is 5.51. The van der Waals surface area contributed by atoms with Crippen LogP contribution in [0, 0.1) is 16.0 Å². The third kappa shape index (κ3) is 3.68. The molecule has 1 saturated carbocycles. The fourth-order valence-electron chi connectivity index (χ4n) is 2.83. The molecule has 0 unspecified atom stereocenters. The molecule has 0 radical (unpaired) electrons. The van der Waals surface area contributed by atoms with Crippen LogP contribution >= 0.6 is 0 Å². The van der Waals surface area contributed by atoms with Crippen molar-refractivity contribution in [2.75, 3.05) is 18.5 Å². The number of carboxylic acids is 1. The molecule has 1 fully saturated rings. The molecule has 1 aliphatic carbocycles. The van der Waals surface area contributed by atoms with Gasteiger partial charge >= 0.3 is 11.7 Å². The second kappa shape index (κ2) is 6.51. The summed E-state index contributed by atoms with van der Waals surface area (Å²) < 4.78 is 0. The zero-order chi connectivity index (χ0) is 15.4. The molecule has 0 aliphatic heterocycles. The van der Waals surface area contributed by atoms with E-state index in [-0.39, 0.29) is 17.1 Å². The molecule has 21 heavy (non-hydrogen) atoms. The van der Waals surface area contributed by atoms with Crippen LogP contribution in [0.4, 0.5) is 11.5 Å². The average Bonchev–Trinajstić information content (AvgIpc) is 2.47. The quantitative estimate of drug-likeness (QED) is 0.662. The lowest BCUT2D eigenvalue weighted by Crippen LogP contribution is -2.28. The van der Waals surface area contributed by atoms with Crippen LogP contribution in [-0.2, 0) is 0 Å². The Labute approximate surface area is 122 Å². The summed E-state index contributed by atoms with van der Waals surface area (Å²) in [6.07, 6.45) is 7.09. The molecule has 0 bridgehead atoms. The molecule has 1 aromatic heterocycles. The van der Waals surface area contributed by atoms with Gasteiger partial charge in [-0.2, -0.15) is 0 Å². The lowest BCUT2D eigenvalue weighted by atomic mass is 9.89. The first-order valence-electron chi connectivity index (χ1n) is 7.08. The summed E-state index contributed by atoms with van der Waals surface area (Å²) in [7, 11) is 1.77. The van der Waals surface area contributed by atoms with Gasteiger partial charge in [-0.1, -0.05) is 19.3 Å². The van der Waals surface area contributed by atoms with Gasteiger partial charge in [0.25, 0.3) is 0 Å². The number of rotatable bonds is 5. The maximum Gasteiger partial charge on any atom is 0.337 e. The highest BCUT2D eigenvalue weighted by molar-refractivity contribution is 5.88. The van der Waals surface area contributed by atoms with E-state index >= 15 is 0 Å². The van der Waals surface area contributed by atoms with E-state index in [0.717, 1.165) is 18.9 Å². The Morgan fingerprint density at radius 3 is 2.71 bits per heavy atom. The lowest BCUT2D eigenvalue weighted by molar-refractivity contribution is -0.384. The summed E-state index contributed by atoms with van der Waals surface area (Å²) in [6.45, 7) is 0.709. The monoisotopic (exact) mass is 293 g/mol. The first-order chi connectivity index (χ1) is 9.99. The van der Waals surface area contributed by atoms with Crippen LogP contribution in [0.3, 0.4) is 0 Å². The lowest BCUT2D eigenvalue weighted by Gasteiger charge is -2.27. The van der Waals surface area contributed by atoms with E-state index in [9.17, 15) is 14.9 Å². The molecule has 1 aliphatic rings. The van der Waals surface area contributed by atoms with Crippen molar-refractivity contribution in [3.05, 3.63) is 27.9 Å². The van der Waals surface area contributed by atoms with Gasteiger partial charge in [0.1, 0.15) is 0 Å². The van der Waals surface area contributed by atoms with Gasteiger partial charge in [0.05, 0.1) is 10.5 Å². The second-order valence-corrected chi connectivity index (χ2v) is 5.51. The Hall–Kier alpha value is -2.18. The zero-order valence-corrected chi connectivity index (χ0v) is 12.0. The van der Waals surface area contributed by atoms with E-state index in [1.54, 1.807) is 11.9 Å². The first-order valence-corrected chi connectivity index (χ1v) is 7.08. The van der Waals surface area contributed by atoms with Crippen molar-refractivity contribution in [1.82, 2.24) is 4.98 Å². The summed E-state index contributed by atoms with van der Waals surface area (Å²) in [5.74, 6) is -0.466. The summed E-state index contributed by atoms with van der Waals surface area (Å²) >= 11 is 0. The van der Waals surface area contributed by atoms with Crippen molar-refractivity contribution >= 4 is 17.5 Å². The number of nitro groups is 1. The van der Waals surface area contributed by atoms with Crippen molar-refractivity contribution in [3.63, 3.8) is 0 Å². The molecular weight excluding hydrogens is 274 g/mol. The van der Waals surface area contributed by atoms with Crippen LogP contribution in [0.5, 0.6) is 0 Å². The van der Waals surface area contributed by atoms with Crippen molar-refractivity contribution in [2.24, 2.45) is 5.92 Å². The minimum Gasteiger partial charge on any atom is -0.478 e. The third-order valence-corrected chi connectivity index (χ3v) is 3.91. The SMILES string of the molecule is CN(CC1CCCCC1)c1ncc(C(=O)O)cc1[N+](=O)[O-]. The van der Waals surface area contributed by atoms with Gasteiger partial charge < -0.3 is 10.0 Å². The minimum absolute atomic E-state index is 0.170. The maximum atomic E-state index is 11.1. The average molecular weight is 293 g/mol. The highest BCUT2D eigenvalue weighted by Gasteiger charge is 2.24. The van der Waals surface area contributed by atoms with E-state index in [1.165, 1.54) is 25.5 Å². The van der Waals surface area contributed by atoms with Gasteiger partial charge in [0, 0.05) is 25.9 Å². The number of carboxylic acid groups (broad SMARTS) is 1. The van der Waals surface area contributed by atoms with E-state index in [2.05, 4.69) is 4.98 Å².